The van der Waals surface area contributed by atoms with Crippen LogP contribution < -0.4 is 5.32 Å². The van der Waals surface area contributed by atoms with E-state index in [0.717, 1.165) is 31.4 Å². The summed E-state index contributed by atoms with van der Waals surface area (Å²) in [4.78, 5) is 27.4. The SMILES string of the molecule is CN(Cc1cnn(C)c1)C(=O)NCCN1CCCCCC1=O. The lowest BCUT2D eigenvalue weighted by Crippen LogP contribution is -2.42. The van der Waals surface area contributed by atoms with Crippen molar-refractivity contribution >= 4 is 11.9 Å². The topological polar surface area (TPSA) is 70.5 Å². The van der Waals surface area contributed by atoms with Gasteiger partial charge in [-0.25, -0.2) is 4.79 Å². The number of hydrogen-bond donors (Lipinski definition) is 1. The van der Waals surface area contributed by atoms with Crippen LogP contribution in [0.3, 0.4) is 0 Å². The molecule has 122 valence electrons. The molecule has 0 atom stereocenters. The molecule has 1 saturated heterocycles. The van der Waals surface area contributed by atoms with Crippen LogP contribution in [0.25, 0.3) is 0 Å². The highest BCUT2D eigenvalue weighted by molar-refractivity contribution is 5.76. The molecule has 1 aromatic heterocycles. The molecule has 1 aromatic rings. The van der Waals surface area contributed by atoms with Crippen LogP contribution in [0.1, 0.15) is 31.2 Å². The molecule has 0 bridgehead atoms. The van der Waals surface area contributed by atoms with E-state index >= 15 is 0 Å². The van der Waals surface area contributed by atoms with Gasteiger partial charge in [-0.15, -0.1) is 0 Å². The molecule has 1 fully saturated rings. The Kier molecular flexibility index (Phi) is 5.80. The van der Waals surface area contributed by atoms with Crippen LogP contribution >= 0.6 is 0 Å². The van der Waals surface area contributed by atoms with Crippen LogP contribution in [0.2, 0.25) is 0 Å². The fourth-order valence-corrected chi connectivity index (χ4v) is 2.61. The number of amides is 3. The average Bonchev–Trinajstić information content (AvgIpc) is 2.78. The van der Waals surface area contributed by atoms with Crippen LogP contribution in [0.15, 0.2) is 12.4 Å². The minimum Gasteiger partial charge on any atom is -0.341 e. The van der Waals surface area contributed by atoms with Gasteiger partial charge in [0, 0.05) is 51.9 Å². The van der Waals surface area contributed by atoms with Gasteiger partial charge in [0.2, 0.25) is 5.91 Å². The third-order valence-electron chi connectivity index (χ3n) is 3.85. The summed E-state index contributed by atoms with van der Waals surface area (Å²) in [5.74, 6) is 0.204. The largest absolute Gasteiger partial charge is 0.341 e. The van der Waals surface area contributed by atoms with Crippen molar-refractivity contribution in [2.75, 3.05) is 26.7 Å². The normalized spacial score (nSPS) is 15.5. The molecule has 3 amide bonds. The maximum atomic E-state index is 12.0. The van der Waals surface area contributed by atoms with Gasteiger partial charge in [0.25, 0.3) is 0 Å². The molecule has 0 saturated carbocycles. The zero-order valence-corrected chi connectivity index (χ0v) is 13.4. The molecule has 1 aliphatic rings. The summed E-state index contributed by atoms with van der Waals surface area (Å²) in [6.07, 6.45) is 7.42. The average molecular weight is 307 g/mol. The van der Waals surface area contributed by atoms with Crippen LogP contribution in [0.5, 0.6) is 0 Å². The van der Waals surface area contributed by atoms with Gasteiger partial charge in [0.1, 0.15) is 0 Å². The molecule has 0 unspecified atom stereocenters. The smallest absolute Gasteiger partial charge is 0.317 e. The fraction of sp³-hybridized carbons (Fsp3) is 0.667. The standard InChI is InChI=1S/C15H25N5O2/c1-18(11-13-10-17-19(2)12-13)15(22)16-7-9-20-8-5-3-4-6-14(20)21/h10,12H,3-9,11H2,1-2H3,(H,16,22). The number of likely N-dealkylation sites (tertiary alicyclic amines) is 1. The van der Waals surface area contributed by atoms with Gasteiger partial charge in [0.15, 0.2) is 0 Å². The minimum absolute atomic E-state index is 0.133. The highest BCUT2D eigenvalue weighted by Gasteiger charge is 2.16. The van der Waals surface area contributed by atoms with Crippen molar-refractivity contribution in [1.82, 2.24) is 24.9 Å². The molecule has 0 aliphatic carbocycles. The minimum atomic E-state index is -0.133. The van der Waals surface area contributed by atoms with E-state index in [4.69, 9.17) is 0 Å². The van der Waals surface area contributed by atoms with E-state index in [-0.39, 0.29) is 11.9 Å². The Balaban J connectivity index is 1.71. The Hall–Kier alpha value is -2.05. The second-order valence-electron chi connectivity index (χ2n) is 5.80. The van der Waals surface area contributed by atoms with Gasteiger partial charge >= 0.3 is 6.03 Å². The number of carbonyl (C=O) groups is 2. The quantitative estimate of drug-likeness (QED) is 0.881. The molecular formula is C15H25N5O2. The van der Waals surface area contributed by atoms with Gasteiger partial charge in [0.05, 0.1) is 12.7 Å². The van der Waals surface area contributed by atoms with Crippen LogP contribution in [0, 0.1) is 0 Å². The molecule has 2 heterocycles. The Morgan fingerprint density at radius 2 is 2.23 bits per heavy atom. The van der Waals surface area contributed by atoms with E-state index in [1.807, 2.05) is 18.1 Å². The van der Waals surface area contributed by atoms with E-state index in [9.17, 15) is 9.59 Å². The summed E-state index contributed by atoms with van der Waals surface area (Å²) in [5.41, 5.74) is 0.989. The Morgan fingerprint density at radius 1 is 1.41 bits per heavy atom. The maximum absolute atomic E-state index is 12.0. The molecule has 7 heteroatoms. The number of nitrogens with one attached hydrogen (secondary N) is 1. The van der Waals surface area contributed by atoms with Crippen molar-refractivity contribution in [2.24, 2.45) is 7.05 Å². The summed E-state index contributed by atoms with van der Waals surface area (Å²) >= 11 is 0. The molecular weight excluding hydrogens is 282 g/mol. The van der Waals surface area contributed by atoms with Crippen LogP contribution in [-0.4, -0.2) is 58.2 Å². The summed E-state index contributed by atoms with van der Waals surface area (Å²) in [5, 5.41) is 6.95. The first-order valence-corrected chi connectivity index (χ1v) is 7.80. The fourth-order valence-electron chi connectivity index (χ4n) is 2.61. The highest BCUT2D eigenvalue weighted by atomic mass is 16.2. The van der Waals surface area contributed by atoms with E-state index in [0.29, 0.717) is 26.1 Å². The number of urea groups is 1. The number of aromatic nitrogens is 2. The number of carbonyl (C=O) groups excluding carboxylic acids is 2. The van der Waals surface area contributed by atoms with Gasteiger partial charge in [-0.1, -0.05) is 6.42 Å². The lowest BCUT2D eigenvalue weighted by Gasteiger charge is -2.22. The zero-order valence-electron chi connectivity index (χ0n) is 13.4. The summed E-state index contributed by atoms with van der Waals surface area (Å²) in [6, 6.07) is -0.133. The molecule has 0 spiro atoms. The first-order valence-electron chi connectivity index (χ1n) is 7.80. The molecule has 7 nitrogen and oxygen atoms in total. The Labute approximate surface area is 131 Å². The van der Waals surface area contributed by atoms with Crippen molar-refractivity contribution in [3.05, 3.63) is 18.0 Å². The monoisotopic (exact) mass is 307 g/mol. The lowest BCUT2D eigenvalue weighted by atomic mass is 10.2. The van der Waals surface area contributed by atoms with E-state index in [2.05, 4.69) is 10.4 Å². The predicted octanol–water partition coefficient (Wildman–Crippen LogP) is 0.964. The number of rotatable bonds is 5. The zero-order chi connectivity index (χ0) is 15.9. The van der Waals surface area contributed by atoms with Crippen molar-refractivity contribution in [2.45, 2.75) is 32.2 Å². The highest BCUT2D eigenvalue weighted by Crippen LogP contribution is 2.10. The van der Waals surface area contributed by atoms with Crippen molar-refractivity contribution < 1.29 is 9.59 Å². The van der Waals surface area contributed by atoms with E-state index in [1.165, 1.54) is 0 Å². The predicted molar refractivity (Wildman–Crippen MR) is 83.1 cm³/mol. The summed E-state index contributed by atoms with van der Waals surface area (Å²) in [7, 11) is 3.60. The van der Waals surface area contributed by atoms with Gasteiger partial charge in [-0.2, -0.15) is 5.10 Å². The number of aryl methyl sites for hydroxylation is 1. The first kappa shape index (κ1) is 16.3. The number of nitrogens with zero attached hydrogens (tertiary/aromatic N) is 4. The number of hydrogen-bond acceptors (Lipinski definition) is 3. The summed E-state index contributed by atoms with van der Waals surface area (Å²) in [6.45, 7) is 2.40. The first-order chi connectivity index (χ1) is 10.6. The van der Waals surface area contributed by atoms with Crippen molar-refractivity contribution in [1.29, 1.82) is 0 Å². The van der Waals surface area contributed by atoms with Gasteiger partial charge in [-0.3, -0.25) is 9.48 Å². The third kappa shape index (κ3) is 4.75. The van der Waals surface area contributed by atoms with Crippen LogP contribution in [0.4, 0.5) is 4.79 Å². The third-order valence-corrected chi connectivity index (χ3v) is 3.85. The molecule has 1 aliphatic heterocycles. The Morgan fingerprint density at radius 3 is 2.95 bits per heavy atom. The second kappa shape index (κ2) is 7.82. The summed E-state index contributed by atoms with van der Waals surface area (Å²) < 4.78 is 1.71. The lowest BCUT2D eigenvalue weighted by molar-refractivity contribution is -0.130. The molecule has 0 radical (unpaired) electrons. The van der Waals surface area contributed by atoms with E-state index in [1.54, 1.807) is 22.8 Å². The van der Waals surface area contributed by atoms with Gasteiger partial charge in [-0.05, 0) is 12.8 Å². The van der Waals surface area contributed by atoms with Crippen molar-refractivity contribution in [3.8, 4) is 0 Å². The van der Waals surface area contributed by atoms with Crippen molar-refractivity contribution in [3.63, 3.8) is 0 Å². The molecule has 2 rings (SSSR count). The maximum Gasteiger partial charge on any atom is 0.317 e. The van der Waals surface area contributed by atoms with E-state index < -0.39 is 0 Å². The van der Waals surface area contributed by atoms with Crippen LogP contribution in [-0.2, 0) is 18.4 Å². The molecule has 1 N–H and O–H groups in total. The second-order valence-corrected chi connectivity index (χ2v) is 5.80. The van der Waals surface area contributed by atoms with Gasteiger partial charge < -0.3 is 15.1 Å². The molecule has 22 heavy (non-hydrogen) atoms. The Bertz CT molecular complexity index is 514. The molecule has 0 aromatic carbocycles.